The normalized spacial score (nSPS) is 16.9. The molecule has 0 amide bonds. The number of halogens is 1. The molecule has 0 bridgehead atoms. The van der Waals surface area contributed by atoms with Crippen molar-refractivity contribution in [2.75, 3.05) is 4.90 Å². The molecule has 5 nitrogen and oxygen atoms in total. The molecular formula is C31H24ClN3O2S. The van der Waals surface area contributed by atoms with Crippen LogP contribution in [0.1, 0.15) is 29.1 Å². The van der Waals surface area contributed by atoms with Crippen molar-refractivity contribution in [1.29, 1.82) is 0 Å². The summed E-state index contributed by atoms with van der Waals surface area (Å²) in [5, 5.41) is 4.74. The van der Waals surface area contributed by atoms with Gasteiger partial charge in [-0.15, -0.1) is 0 Å². The number of para-hydroxylation sites is 1. The summed E-state index contributed by atoms with van der Waals surface area (Å²) >= 11 is 12.1. The van der Waals surface area contributed by atoms with Crippen molar-refractivity contribution < 1.29 is 9.15 Å². The Hall–Kier alpha value is -4.13. The van der Waals surface area contributed by atoms with Gasteiger partial charge in [0.15, 0.2) is 5.11 Å². The second-order valence-corrected chi connectivity index (χ2v) is 9.89. The summed E-state index contributed by atoms with van der Waals surface area (Å²) in [7, 11) is 0. The van der Waals surface area contributed by atoms with E-state index in [0.29, 0.717) is 10.1 Å². The highest BCUT2D eigenvalue weighted by Crippen LogP contribution is 2.43. The molecule has 3 heterocycles. The highest BCUT2D eigenvalue weighted by atomic mass is 35.5. The van der Waals surface area contributed by atoms with Crippen molar-refractivity contribution in [1.82, 2.24) is 10.3 Å². The van der Waals surface area contributed by atoms with E-state index in [2.05, 4.69) is 15.2 Å². The number of aromatic nitrogens is 1. The molecule has 2 aromatic heterocycles. The fraction of sp³-hybridized carbons (Fsp3) is 0.0968. The van der Waals surface area contributed by atoms with E-state index in [0.717, 1.165) is 45.5 Å². The lowest BCUT2D eigenvalue weighted by molar-refractivity contribution is 0.439. The van der Waals surface area contributed by atoms with E-state index in [1.165, 1.54) is 0 Å². The highest BCUT2D eigenvalue weighted by Gasteiger charge is 2.42. The van der Waals surface area contributed by atoms with Gasteiger partial charge in [0.25, 0.3) is 0 Å². The van der Waals surface area contributed by atoms with E-state index in [4.69, 9.17) is 33.0 Å². The van der Waals surface area contributed by atoms with Gasteiger partial charge in [0.05, 0.1) is 11.7 Å². The van der Waals surface area contributed by atoms with Crippen LogP contribution >= 0.6 is 23.8 Å². The van der Waals surface area contributed by atoms with E-state index in [1.54, 1.807) is 6.20 Å². The zero-order valence-corrected chi connectivity index (χ0v) is 22.1. The lowest BCUT2D eigenvalue weighted by Crippen LogP contribution is -2.29. The fourth-order valence-electron chi connectivity index (χ4n) is 4.74. The molecule has 1 fully saturated rings. The van der Waals surface area contributed by atoms with Gasteiger partial charge in [-0.1, -0.05) is 41.9 Å². The Morgan fingerprint density at radius 3 is 2.42 bits per heavy atom. The average molecular weight is 538 g/mol. The van der Waals surface area contributed by atoms with Crippen molar-refractivity contribution in [3.05, 3.63) is 131 Å². The van der Waals surface area contributed by atoms with Crippen LogP contribution in [0.3, 0.4) is 0 Å². The minimum absolute atomic E-state index is 0.205. The number of hydrogen-bond donors (Lipinski definition) is 1. The van der Waals surface area contributed by atoms with E-state index in [-0.39, 0.29) is 12.1 Å². The highest BCUT2D eigenvalue weighted by molar-refractivity contribution is 7.80. The monoisotopic (exact) mass is 537 g/mol. The van der Waals surface area contributed by atoms with Gasteiger partial charge < -0.3 is 19.4 Å². The largest absolute Gasteiger partial charge is 0.459 e. The summed E-state index contributed by atoms with van der Waals surface area (Å²) in [5.41, 5.74) is 3.84. The summed E-state index contributed by atoms with van der Waals surface area (Å²) in [5.74, 6) is 3.05. The predicted octanol–water partition coefficient (Wildman–Crippen LogP) is 8.27. The molecule has 1 aliphatic rings. The first-order valence-corrected chi connectivity index (χ1v) is 13.1. The zero-order chi connectivity index (χ0) is 26.1. The third-order valence-corrected chi connectivity index (χ3v) is 7.12. The number of furan rings is 1. The maximum atomic E-state index is 6.49. The number of nitrogens with zero attached hydrogens (tertiary/aromatic N) is 2. The van der Waals surface area contributed by atoms with E-state index < -0.39 is 0 Å². The minimum Gasteiger partial charge on any atom is -0.459 e. The first kappa shape index (κ1) is 24.2. The third-order valence-electron chi connectivity index (χ3n) is 6.58. The van der Waals surface area contributed by atoms with E-state index in [9.17, 15) is 0 Å². The molecule has 0 aliphatic carbocycles. The maximum absolute atomic E-state index is 6.49. The van der Waals surface area contributed by atoms with Crippen LogP contribution < -0.4 is 15.0 Å². The average Bonchev–Trinajstić information content (AvgIpc) is 3.56. The Morgan fingerprint density at radius 1 is 0.895 bits per heavy atom. The molecule has 0 radical (unpaired) electrons. The topological polar surface area (TPSA) is 50.5 Å². The molecule has 5 aromatic rings. The second-order valence-electron chi connectivity index (χ2n) is 9.07. The summed E-state index contributed by atoms with van der Waals surface area (Å²) in [6.07, 6.45) is 1.79. The van der Waals surface area contributed by atoms with Crippen molar-refractivity contribution in [3.8, 4) is 22.8 Å². The van der Waals surface area contributed by atoms with E-state index >= 15 is 0 Å². The molecule has 188 valence electrons. The summed E-state index contributed by atoms with van der Waals surface area (Å²) in [4.78, 5) is 6.70. The molecule has 1 N–H and O–H groups in total. The number of pyridine rings is 1. The number of aryl methyl sites for hydroxylation is 1. The summed E-state index contributed by atoms with van der Waals surface area (Å²) in [6.45, 7) is 2.04. The number of rotatable bonds is 6. The molecular weight excluding hydrogens is 514 g/mol. The third kappa shape index (κ3) is 4.76. The van der Waals surface area contributed by atoms with Gasteiger partial charge in [-0.2, -0.15) is 0 Å². The molecule has 3 aromatic carbocycles. The van der Waals surface area contributed by atoms with Crippen LogP contribution in [0.2, 0.25) is 5.02 Å². The molecule has 38 heavy (non-hydrogen) atoms. The van der Waals surface area contributed by atoms with Crippen molar-refractivity contribution in [3.63, 3.8) is 0 Å². The van der Waals surface area contributed by atoms with Crippen molar-refractivity contribution in [2.24, 2.45) is 0 Å². The number of anilines is 1. The molecule has 0 unspecified atom stereocenters. The summed E-state index contributed by atoms with van der Waals surface area (Å²) in [6, 6.07) is 32.8. The van der Waals surface area contributed by atoms with Crippen LogP contribution in [-0.4, -0.2) is 10.1 Å². The van der Waals surface area contributed by atoms with Gasteiger partial charge in [0.1, 0.15) is 29.1 Å². The lowest BCUT2D eigenvalue weighted by atomic mass is 10.0. The van der Waals surface area contributed by atoms with Gasteiger partial charge in [-0.3, -0.25) is 4.98 Å². The SMILES string of the molecule is Cc1ccc(Cl)cc1-c1ccc([C@@H]2[C@@H](c3ccccn3)NC(=S)N2c2ccc(Oc3ccccc3)cc2)o1. The number of ether oxygens (including phenoxy) is 1. The van der Waals surface area contributed by atoms with Gasteiger partial charge in [-0.05, 0) is 97.5 Å². The number of benzene rings is 3. The smallest absolute Gasteiger partial charge is 0.174 e. The number of nitrogens with one attached hydrogen (secondary N) is 1. The van der Waals surface area contributed by atoms with Crippen molar-refractivity contribution >= 4 is 34.6 Å². The minimum atomic E-state index is -0.258. The van der Waals surface area contributed by atoms with Crippen molar-refractivity contribution in [2.45, 2.75) is 19.0 Å². The zero-order valence-electron chi connectivity index (χ0n) is 20.5. The van der Waals surface area contributed by atoms with Crippen LogP contribution in [0.4, 0.5) is 5.69 Å². The Balaban J connectivity index is 1.37. The Labute approximate surface area is 231 Å². The first-order valence-electron chi connectivity index (χ1n) is 12.3. The molecule has 6 rings (SSSR count). The Kier molecular flexibility index (Phi) is 6.58. The molecule has 2 atom stereocenters. The molecule has 1 saturated heterocycles. The quantitative estimate of drug-likeness (QED) is 0.220. The second kappa shape index (κ2) is 10.3. The van der Waals surface area contributed by atoms with E-state index in [1.807, 2.05) is 110 Å². The Morgan fingerprint density at radius 2 is 1.66 bits per heavy atom. The van der Waals surface area contributed by atoms with Crippen LogP contribution in [-0.2, 0) is 0 Å². The Bertz CT molecular complexity index is 1570. The first-order chi connectivity index (χ1) is 18.6. The fourth-order valence-corrected chi connectivity index (χ4v) is 5.26. The van der Waals surface area contributed by atoms with Crippen LogP contribution in [0.5, 0.6) is 11.5 Å². The van der Waals surface area contributed by atoms with Gasteiger partial charge in [-0.25, -0.2) is 0 Å². The lowest BCUT2D eigenvalue weighted by Gasteiger charge is -2.26. The maximum Gasteiger partial charge on any atom is 0.174 e. The molecule has 1 aliphatic heterocycles. The predicted molar refractivity (Wildman–Crippen MR) is 155 cm³/mol. The number of thiocarbonyl (C=S) groups is 1. The molecule has 0 spiro atoms. The van der Waals surface area contributed by atoms with Gasteiger partial charge in [0, 0.05) is 22.5 Å². The van der Waals surface area contributed by atoms with Gasteiger partial charge >= 0.3 is 0 Å². The summed E-state index contributed by atoms with van der Waals surface area (Å²) < 4.78 is 12.5. The van der Waals surface area contributed by atoms with Crippen LogP contribution in [0.15, 0.2) is 114 Å². The van der Waals surface area contributed by atoms with Crippen LogP contribution in [0, 0.1) is 6.92 Å². The molecule has 7 heteroatoms. The van der Waals surface area contributed by atoms with Crippen LogP contribution in [0.25, 0.3) is 11.3 Å². The molecule has 0 saturated carbocycles. The standard InChI is InChI=1S/C31H24ClN3O2S/c1-20-10-11-21(32)19-25(20)27-16-17-28(37-27)30-29(26-9-5-6-18-33-26)34-31(38)35(30)22-12-14-24(15-13-22)36-23-7-3-2-4-8-23/h2-19,29-30H,1H3,(H,34,38)/t29-,30-/m1/s1. The number of hydrogen-bond acceptors (Lipinski definition) is 4. The van der Waals surface area contributed by atoms with Gasteiger partial charge in [0.2, 0.25) is 0 Å².